The minimum atomic E-state index is -1.25. The number of aromatic nitrogens is 1. The number of hydrogen-bond acceptors (Lipinski definition) is 5. The number of oxazole rings is 1. The van der Waals surface area contributed by atoms with Crippen LogP contribution in [0.25, 0.3) is 34.4 Å². The lowest BCUT2D eigenvalue weighted by atomic mass is 10.1. The molecule has 0 N–H and O–H groups in total. The Morgan fingerprint density at radius 3 is 2.50 bits per heavy atom. The maximum absolute atomic E-state index is 10.4. The summed E-state index contributed by atoms with van der Waals surface area (Å²) in [6, 6.07) is 23.1. The highest BCUT2D eigenvalue weighted by molar-refractivity contribution is 5.82. The number of ether oxygens (including phenoxy) is 1. The highest BCUT2D eigenvalue weighted by Gasteiger charge is 2.05. The molecular formula is C23H16NO4-. The molecule has 1 aromatic heterocycles. The number of benzene rings is 3. The van der Waals surface area contributed by atoms with Crippen LogP contribution in [0.5, 0.6) is 5.75 Å². The number of aliphatic carboxylic acids is 1. The van der Waals surface area contributed by atoms with Gasteiger partial charge in [-0.1, -0.05) is 48.5 Å². The minimum Gasteiger partial charge on any atom is -0.546 e. The summed E-state index contributed by atoms with van der Waals surface area (Å²) in [6.45, 7) is -0.469. The Morgan fingerprint density at radius 2 is 1.75 bits per heavy atom. The van der Waals surface area contributed by atoms with Crippen molar-refractivity contribution in [2.24, 2.45) is 0 Å². The van der Waals surface area contributed by atoms with E-state index >= 15 is 0 Å². The molecule has 3 aromatic carbocycles. The normalized spacial score (nSPS) is 11.1. The fourth-order valence-electron chi connectivity index (χ4n) is 2.81. The van der Waals surface area contributed by atoms with Crippen LogP contribution in [0.3, 0.4) is 0 Å². The monoisotopic (exact) mass is 370 g/mol. The lowest BCUT2D eigenvalue weighted by Crippen LogP contribution is -2.28. The van der Waals surface area contributed by atoms with Crippen molar-refractivity contribution >= 4 is 29.2 Å². The van der Waals surface area contributed by atoms with E-state index in [2.05, 4.69) is 17.1 Å². The average molecular weight is 370 g/mol. The van der Waals surface area contributed by atoms with Crippen LogP contribution >= 0.6 is 0 Å². The zero-order chi connectivity index (χ0) is 19.3. The highest BCUT2D eigenvalue weighted by Crippen LogP contribution is 2.25. The van der Waals surface area contributed by atoms with Crippen LogP contribution in [-0.4, -0.2) is 17.6 Å². The molecule has 0 unspecified atom stereocenters. The highest BCUT2D eigenvalue weighted by atomic mass is 16.5. The van der Waals surface area contributed by atoms with Gasteiger partial charge < -0.3 is 19.1 Å². The molecule has 0 amide bonds. The molecule has 5 heteroatoms. The van der Waals surface area contributed by atoms with Gasteiger partial charge in [0.15, 0.2) is 5.58 Å². The molecule has 4 aromatic rings. The van der Waals surface area contributed by atoms with Gasteiger partial charge in [-0.2, -0.15) is 0 Å². The van der Waals surface area contributed by atoms with E-state index in [-0.39, 0.29) is 0 Å². The van der Waals surface area contributed by atoms with Gasteiger partial charge in [0.05, 0.1) is 5.97 Å². The van der Waals surface area contributed by atoms with Gasteiger partial charge in [-0.05, 0) is 47.0 Å². The summed E-state index contributed by atoms with van der Waals surface area (Å²) in [5.74, 6) is -0.274. The SMILES string of the molecule is O=C([O-])COc1ccc(/C=C/c2nc3cc(-c4ccccc4)ccc3o2)cc1. The van der Waals surface area contributed by atoms with Crippen molar-refractivity contribution in [3.8, 4) is 16.9 Å². The van der Waals surface area contributed by atoms with Gasteiger partial charge in [-0.15, -0.1) is 0 Å². The zero-order valence-electron chi connectivity index (χ0n) is 14.9. The average Bonchev–Trinajstić information content (AvgIpc) is 3.14. The molecule has 0 radical (unpaired) electrons. The molecule has 0 atom stereocenters. The zero-order valence-corrected chi connectivity index (χ0v) is 14.9. The van der Waals surface area contributed by atoms with Gasteiger partial charge in [0, 0.05) is 6.08 Å². The van der Waals surface area contributed by atoms with E-state index < -0.39 is 12.6 Å². The van der Waals surface area contributed by atoms with E-state index in [1.807, 2.05) is 54.6 Å². The number of hydrogen-bond donors (Lipinski definition) is 0. The predicted octanol–water partition coefficient (Wildman–Crippen LogP) is 3.79. The first kappa shape index (κ1) is 17.5. The number of carbonyl (C=O) groups is 1. The van der Waals surface area contributed by atoms with Crippen molar-refractivity contribution in [1.29, 1.82) is 0 Å². The van der Waals surface area contributed by atoms with Crippen LogP contribution in [0.2, 0.25) is 0 Å². The Morgan fingerprint density at radius 1 is 0.964 bits per heavy atom. The van der Waals surface area contributed by atoms with Crippen molar-refractivity contribution in [2.45, 2.75) is 0 Å². The van der Waals surface area contributed by atoms with E-state index in [1.165, 1.54) is 0 Å². The fraction of sp³-hybridized carbons (Fsp3) is 0.0435. The van der Waals surface area contributed by atoms with Crippen LogP contribution in [0.15, 0.2) is 77.2 Å². The predicted molar refractivity (Wildman–Crippen MR) is 105 cm³/mol. The smallest absolute Gasteiger partial charge is 0.220 e. The van der Waals surface area contributed by atoms with E-state index in [0.29, 0.717) is 11.6 Å². The molecule has 138 valence electrons. The van der Waals surface area contributed by atoms with Crippen LogP contribution in [0.1, 0.15) is 11.5 Å². The molecule has 0 fully saturated rings. The topological polar surface area (TPSA) is 75.4 Å². The van der Waals surface area contributed by atoms with Crippen LogP contribution in [0, 0.1) is 0 Å². The Labute approximate surface area is 161 Å². The summed E-state index contributed by atoms with van der Waals surface area (Å²) in [6.07, 6.45) is 3.66. The Balaban J connectivity index is 1.50. The number of fused-ring (bicyclic) bond motifs is 1. The van der Waals surface area contributed by atoms with Crippen molar-refractivity contribution in [1.82, 2.24) is 4.98 Å². The largest absolute Gasteiger partial charge is 0.546 e. The molecule has 5 nitrogen and oxygen atoms in total. The van der Waals surface area contributed by atoms with E-state index in [9.17, 15) is 9.90 Å². The molecule has 0 aliphatic carbocycles. The second-order valence-corrected chi connectivity index (χ2v) is 6.16. The Bertz CT molecular complexity index is 1130. The quantitative estimate of drug-likeness (QED) is 0.516. The first-order valence-electron chi connectivity index (χ1n) is 8.74. The van der Waals surface area contributed by atoms with Gasteiger partial charge in [0.2, 0.25) is 5.89 Å². The van der Waals surface area contributed by atoms with Crippen molar-refractivity contribution in [2.75, 3.05) is 6.61 Å². The summed E-state index contributed by atoms with van der Waals surface area (Å²) in [4.78, 5) is 14.9. The third-order valence-electron chi connectivity index (χ3n) is 4.17. The summed E-state index contributed by atoms with van der Waals surface area (Å²) in [7, 11) is 0. The maximum Gasteiger partial charge on any atom is 0.220 e. The van der Waals surface area contributed by atoms with Gasteiger partial charge in [-0.25, -0.2) is 4.98 Å². The summed E-state index contributed by atoms with van der Waals surface area (Å²) < 4.78 is 10.8. The molecule has 0 saturated heterocycles. The number of carboxylic acids is 1. The molecular weight excluding hydrogens is 354 g/mol. The molecule has 0 aliphatic rings. The van der Waals surface area contributed by atoms with E-state index in [0.717, 1.165) is 27.8 Å². The molecule has 28 heavy (non-hydrogen) atoms. The molecule has 1 heterocycles. The third-order valence-corrected chi connectivity index (χ3v) is 4.17. The lowest BCUT2D eigenvalue weighted by molar-refractivity contribution is -0.307. The van der Waals surface area contributed by atoms with Crippen molar-refractivity contribution in [3.05, 3.63) is 84.3 Å². The van der Waals surface area contributed by atoms with Crippen molar-refractivity contribution in [3.63, 3.8) is 0 Å². The van der Waals surface area contributed by atoms with Crippen molar-refractivity contribution < 1.29 is 19.1 Å². The first-order chi connectivity index (χ1) is 13.7. The molecule has 0 saturated carbocycles. The van der Waals surface area contributed by atoms with Crippen LogP contribution in [0.4, 0.5) is 0 Å². The number of carbonyl (C=O) groups excluding carboxylic acids is 1. The van der Waals surface area contributed by atoms with E-state index in [4.69, 9.17) is 9.15 Å². The second-order valence-electron chi connectivity index (χ2n) is 6.16. The summed E-state index contributed by atoms with van der Waals surface area (Å²) in [5, 5.41) is 10.4. The van der Waals surface area contributed by atoms with Gasteiger partial charge in [0.25, 0.3) is 0 Å². The van der Waals surface area contributed by atoms with Crippen LogP contribution < -0.4 is 9.84 Å². The number of nitrogens with zero attached hydrogens (tertiary/aromatic N) is 1. The van der Waals surface area contributed by atoms with Gasteiger partial charge >= 0.3 is 0 Å². The summed E-state index contributed by atoms with van der Waals surface area (Å²) in [5.41, 5.74) is 4.65. The molecule has 0 aliphatic heterocycles. The Kier molecular flexibility index (Phi) is 4.89. The molecule has 0 bridgehead atoms. The maximum atomic E-state index is 10.4. The summed E-state index contributed by atoms with van der Waals surface area (Å²) >= 11 is 0. The van der Waals surface area contributed by atoms with Gasteiger partial charge in [-0.3, -0.25) is 0 Å². The standard InChI is InChI=1S/C23H17NO4/c25-23(26)15-27-19-10-6-16(7-11-19)8-13-22-24-20-14-18(9-12-21(20)28-22)17-4-2-1-3-5-17/h1-14H,15H2,(H,25,26)/p-1/b13-8+. The molecule has 0 spiro atoms. The lowest BCUT2D eigenvalue weighted by Gasteiger charge is -2.06. The second kappa shape index (κ2) is 7.80. The number of rotatable bonds is 6. The van der Waals surface area contributed by atoms with Crippen LogP contribution in [-0.2, 0) is 4.79 Å². The number of carboxylic acid groups (broad SMARTS) is 1. The van der Waals surface area contributed by atoms with Gasteiger partial charge in [0.1, 0.15) is 17.9 Å². The molecule has 4 rings (SSSR count). The fourth-order valence-corrected chi connectivity index (χ4v) is 2.81. The third kappa shape index (κ3) is 4.10. The first-order valence-corrected chi connectivity index (χ1v) is 8.74. The van der Waals surface area contributed by atoms with E-state index in [1.54, 1.807) is 18.2 Å². The minimum absolute atomic E-state index is 0.469. The Hall–Kier alpha value is -3.86.